The Labute approximate surface area is 249 Å². The average Bonchev–Trinajstić information content (AvgIpc) is 3.60. The SMILES string of the molecule is CC(=O)NC(C(=O)N1C2CC[C@@H](C2)C1c1nc2ccc(B3OC(C)(C)C(C)(C)O3)cc2n1C(=O)OC(C)(C)C)C(C)C. The summed E-state index contributed by atoms with van der Waals surface area (Å²) in [6.07, 6.45) is 2.10. The maximum absolute atomic E-state index is 14.1. The minimum absolute atomic E-state index is 0.0229. The van der Waals surface area contributed by atoms with Gasteiger partial charge in [0, 0.05) is 13.0 Å². The molecule has 1 N–H and O–H groups in total. The summed E-state index contributed by atoms with van der Waals surface area (Å²) < 4.78 is 20.0. The number of carbonyl (C=O) groups excluding carboxylic acids is 3. The second-order valence-electron chi connectivity index (χ2n) is 14.5. The smallest absolute Gasteiger partial charge is 0.443 e. The number of amides is 2. The molecule has 2 amide bonds. The lowest BCUT2D eigenvalue weighted by atomic mass is 9.79. The van der Waals surface area contributed by atoms with Crippen molar-refractivity contribution in [3.63, 3.8) is 0 Å². The van der Waals surface area contributed by atoms with Crippen molar-refractivity contribution in [1.82, 2.24) is 19.8 Å². The van der Waals surface area contributed by atoms with Gasteiger partial charge in [-0.3, -0.25) is 9.59 Å². The van der Waals surface area contributed by atoms with Gasteiger partial charge < -0.3 is 24.3 Å². The van der Waals surface area contributed by atoms with E-state index < -0.39 is 42.1 Å². The molecular weight excluding hydrogens is 535 g/mol. The van der Waals surface area contributed by atoms with Crippen LogP contribution in [0.3, 0.4) is 0 Å². The highest BCUT2D eigenvalue weighted by Gasteiger charge is 2.54. The molecule has 1 saturated carbocycles. The molecule has 3 fully saturated rings. The lowest BCUT2D eigenvalue weighted by molar-refractivity contribution is -0.141. The number of ether oxygens (including phenoxy) is 1. The van der Waals surface area contributed by atoms with Gasteiger partial charge in [0.05, 0.1) is 28.3 Å². The van der Waals surface area contributed by atoms with Crippen LogP contribution in [-0.4, -0.2) is 68.4 Å². The summed E-state index contributed by atoms with van der Waals surface area (Å²) in [6.45, 7) is 18.8. The van der Waals surface area contributed by atoms with Crippen molar-refractivity contribution < 1.29 is 28.4 Å². The highest BCUT2D eigenvalue weighted by atomic mass is 16.7. The van der Waals surface area contributed by atoms with Crippen LogP contribution in [0.2, 0.25) is 0 Å². The highest BCUT2D eigenvalue weighted by Crippen LogP contribution is 2.51. The van der Waals surface area contributed by atoms with Gasteiger partial charge in [-0.2, -0.15) is 0 Å². The van der Waals surface area contributed by atoms with Crippen LogP contribution in [0.5, 0.6) is 0 Å². The number of nitrogens with zero attached hydrogens (tertiary/aromatic N) is 3. The van der Waals surface area contributed by atoms with Crippen LogP contribution in [0.25, 0.3) is 11.0 Å². The Morgan fingerprint density at radius 2 is 1.74 bits per heavy atom. The molecule has 3 unspecified atom stereocenters. The van der Waals surface area contributed by atoms with Crippen LogP contribution in [0, 0.1) is 11.8 Å². The summed E-state index contributed by atoms with van der Waals surface area (Å²) in [7, 11) is -0.616. The number of piperidine rings is 1. The molecule has 3 aliphatic rings. The van der Waals surface area contributed by atoms with E-state index in [0.29, 0.717) is 16.9 Å². The molecule has 3 heterocycles. The Balaban J connectivity index is 1.62. The highest BCUT2D eigenvalue weighted by molar-refractivity contribution is 6.62. The Kier molecular flexibility index (Phi) is 7.54. The normalized spacial score (nSPS) is 25.4. The topological polar surface area (TPSA) is 112 Å². The van der Waals surface area contributed by atoms with Gasteiger partial charge in [0.15, 0.2) is 0 Å². The standard InChI is InChI=1S/C31H45BN4O6/c1-17(2)24(33-18(3)37)27(38)35-21-13-11-19(15-21)25(35)26-34-22-14-12-20(32-41-30(7,8)31(9,10)42-32)16-23(22)36(26)28(39)40-29(4,5)6/h12,14,16-17,19,21,24-25H,11,13,15H2,1-10H3,(H,33,37)/t19-,21?,24?,25?/m0/s1. The first-order chi connectivity index (χ1) is 19.4. The number of hydrogen-bond acceptors (Lipinski definition) is 7. The molecule has 2 aromatic rings. The molecule has 1 aromatic carbocycles. The molecule has 2 saturated heterocycles. The van der Waals surface area contributed by atoms with Crippen molar-refractivity contribution in [2.24, 2.45) is 11.8 Å². The fourth-order valence-electron chi connectivity index (χ4n) is 6.47. The molecule has 5 rings (SSSR count). The van der Waals surface area contributed by atoms with Gasteiger partial charge in [-0.05, 0) is 97.2 Å². The minimum Gasteiger partial charge on any atom is -0.443 e. The maximum atomic E-state index is 14.1. The van der Waals surface area contributed by atoms with Gasteiger partial charge in [-0.25, -0.2) is 14.3 Å². The van der Waals surface area contributed by atoms with E-state index in [-0.39, 0.29) is 29.7 Å². The van der Waals surface area contributed by atoms with E-state index in [1.54, 1.807) is 0 Å². The molecule has 228 valence electrons. The predicted octanol–water partition coefficient (Wildman–Crippen LogP) is 4.33. The largest absolute Gasteiger partial charge is 0.494 e. The third kappa shape index (κ3) is 5.34. The molecule has 4 atom stereocenters. The zero-order valence-electron chi connectivity index (χ0n) is 26.6. The lowest BCUT2D eigenvalue weighted by Crippen LogP contribution is -2.53. The molecule has 0 radical (unpaired) electrons. The number of fused-ring (bicyclic) bond motifs is 3. The van der Waals surface area contributed by atoms with Crippen molar-refractivity contribution in [2.45, 2.75) is 123 Å². The molecule has 10 nitrogen and oxygen atoms in total. The molecule has 2 aliphatic heterocycles. The van der Waals surface area contributed by atoms with Crippen LogP contribution >= 0.6 is 0 Å². The lowest BCUT2D eigenvalue weighted by Gasteiger charge is -2.38. The van der Waals surface area contributed by atoms with E-state index in [0.717, 1.165) is 24.7 Å². The Hall–Kier alpha value is -2.92. The number of rotatable bonds is 5. The molecule has 2 bridgehead atoms. The van der Waals surface area contributed by atoms with Gasteiger partial charge in [0.1, 0.15) is 17.5 Å². The fraction of sp³-hybridized carbons (Fsp3) is 0.677. The zero-order chi connectivity index (χ0) is 30.9. The van der Waals surface area contributed by atoms with Crippen LogP contribution in [0.15, 0.2) is 18.2 Å². The van der Waals surface area contributed by atoms with E-state index in [2.05, 4.69) is 5.32 Å². The Bertz CT molecular complexity index is 1390. The first-order valence-electron chi connectivity index (χ1n) is 15.1. The summed E-state index contributed by atoms with van der Waals surface area (Å²) in [6, 6.07) is 4.59. The molecule has 11 heteroatoms. The summed E-state index contributed by atoms with van der Waals surface area (Å²) in [4.78, 5) is 46.9. The van der Waals surface area contributed by atoms with Crippen molar-refractivity contribution in [1.29, 1.82) is 0 Å². The minimum atomic E-state index is -0.743. The summed E-state index contributed by atoms with van der Waals surface area (Å²) >= 11 is 0. The van der Waals surface area contributed by atoms with Crippen molar-refractivity contribution in [3.8, 4) is 0 Å². The summed E-state index contributed by atoms with van der Waals surface area (Å²) in [5.74, 6) is 0.131. The summed E-state index contributed by atoms with van der Waals surface area (Å²) in [5, 5.41) is 2.86. The van der Waals surface area contributed by atoms with Gasteiger partial charge in [-0.1, -0.05) is 19.9 Å². The van der Waals surface area contributed by atoms with E-state index in [1.807, 2.05) is 85.4 Å². The van der Waals surface area contributed by atoms with Crippen LogP contribution in [-0.2, 0) is 23.6 Å². The number of imidazole rings is 1. The second-order valence-corrected chi connectivity index (χ2v) is 14.5. The van der Waals surface area contributed by atoms with E-state index in [9.17, 15) is 14.4 Å². The van der Waals surface area contributed by atoms with E-state index >= 15 is 0 Å². The van der Waals surface area contributed by atoms with Crippen molar-refractivity contribution >= 4 is 41.5 Å². The summed E-state index contributed by atoms with van der Waals surface area (Å²) in [5.41, 5.74) is 0.176. The van der Waals surface area contributed by atoms with Crippen molar-refractivity contribution in [3.05, 3.63) is 24.0 Å². The molecule has 42 heavy (non-hydrogen) atoms. The Morgan fingerprint density at radius 3 is 2.31 bits per heavy atom. The van der Waals surface area contributed by atoms with Crippen molar-refractivity contribution in [2.75, 3.05) is 0 Å². The number of hydrogen-bond donors (Lipinski definition) is 1. The number of likely N-dealkylation sites (tertiary alicyclic amines) is 1. The van der Waals surface area contributed by atoms with E-state index in [4.69, 9.17) is 19.0 Å². The van der Waals surface area contributed by atoms with Crippen LogP contribution in [0.1, 0.15) is 100 Å². The van der Waals surface area contributed by atoms with Gasteiger partial charge in [0.25, 0.3) is 0 Å². The first kappa shape index (κ1) is 30.5. The molecule has 0 spiro atoms. The monoisotopic (exact) mass is 580 g/mol. The second kappa shape index (κ2) is 10.4. The Morgan fingerprint density at radius 1 is 1.10 bits per heavy atom. The van der Waals surface area contributed by atoms with Gasteiger partial charge in [-0.15, -0.1) is 0 Å². The fourth-order valence-corrected chi connectivity index (χ4v) is 6.47. The quantitative estimate of drug-likeness (QED) is 0.524. The van der Waals surface area contributed by atoms with E-state index in [1.165, 1.54) is 11.5 Å². The first-order valence-corrected chi connectivity index (χ1v) is 15.1. The third-order valence-electron chi connectivity index (χ3n) is 9.20. The number of aromatic nitrogens is 2. The average molecular weight is 581 g/mol. The molecule has 1 aliphatic carbocycles. The van der Waals surface area contributed by atoms with Gasteiger partial charge >= 0.3 is 13.2 Å². The maximum Gasteiger partial charge on any atom is 0.494 e. The predicted molar refractivity (Wildman–Crippen MR) is 160 cm³/mol. The molecule has 1 aromatic heterocycles. The molecular formula is C31H45BN4O6. The number of nitrogens with one attached hydrogen (secondary N) is 1. The van der Waals surface area contributed by atoms with Crippen LogP contribution < -0.4 is 10.8 Å². The van der Waals surface area contributed by atoms with Gasteiger partial charge in [0.2, 0.25) is 11.8 Å². The third-order valence-corrected chi connectivity index (χ3v) is 9.20. The number of carbonyl (C=O) groups is 3. The number of benzene rings is 1. The van der Waals surface area contributed by atoms with Crippen LogP contribution in [0.4, 0.5) is 4.79 Å². The zero-order valence-corrected chi connectivity index (χ0v) is 26.6.